The molecule has 0 saturated carbocycles. The molecule has 0 spiro atoms. The zero-order chi connectivity index (χ0) is 17.4. The van der Waals surface area contributed by atoms with Crippen LogP contribution in [0.2, 0.25) is 0 Å². The first-order chi connectivity index (χ1) is 10.9. The van der Waals surface area contributed by atoms with Gasteiger partial charge in [-0.05, 0) is 31.7 Å². The topological polar surface area (TPSA) is 87.8 Å². The predicted molar refractivity (Wildman–Crippen MR) is 89.0 cm³/mol. The highest BCUT2D eigenvalue weighted by Gasteiger charge is 2.14. The molecule has 1 amide bonds. The molecule has 6 heteroatoms. The maximum absolute atomic E-state index is 12.1. The van der Waals surface area contributed by atoms with Crippen LogP contribution in [0, 0.1) is 31.1 Å². The number of aromatic nitrogens is 2. The molecule has 0 aliphatic heterocycles. The molecular formula is C17H26N4O2. The van der Waals surface area contributed by atoms with E-state index in [1.807, 2.05) is 6.07 Å². The van der Waals surface area contributed by atoms with Crippen molar-refractivity contribution in [3.63, 3.8) is 0 Å². The number of nitrogens with one attached hydrogen (secondary N) is 1. The summed E-state index contributed by atoms with van der Waals surface area (Å²) < 4.78 is 1.07. The van der Waals surface area contributed by atoms with E-state index in [4.69, 9.17) is 5.26 Å². The number of carbonyl (C=O) groups excluding carboxylic acids is 1. The van der Waals surface area contributed by atoms with Gasteiger partial charge in [0.15, 0.2) is 0 Å². The first kappa shape index (κ1) is 18.9. The fourth-order valence-electron chi connectivity index (χ4n) is 2.40. The monoisotopic (exact) mass is 318 g/mol. The quantitative estimate of drug-likeness (QED) is 0.794. The number of hydrogen-bond acceptors (Lipinski definition) is 4. The molecule has 0 aliphatic carbocycles. The molecule has 0 bridgehead atoms. The van der Waals surface area contributed by atoms with Gasteiger partial charge in [0, 0.05) is 6.54 Å². The summed E-state index contributed by atoms with van der Waals surface area (Å²) in [4.78, 5) is 24.2. The van der Waals surface area contributed by atoms with Crippen LogP contribution in [0.25, 0.3) is 0 Å². The van der Waals surface area contributed by atoms with Crippen molar-refractivity contribution in [2.75, 3.05) is 6.54 Å². The number of nitrogens with zero attached hydrogens (tertiary/aromatic N) is 3. The molecule has 1 aromatic heterocycles. The Morgan fingerprint density at radius 1 is 1.39 bits per heavy atom. The number of aryl methyl sites for hydroxylation is 1. The van der Waals surface area contributed by atoms with Crippen LogP contribution in [0.4, 0.5) is 0 Å². The summed E-state index contributed by atoms with van der Waals surface area (Å²) in [5.41, 5.74) is 0.701. The minimum atomic E-state index is -0.510. The van der Waals surface area contributed by atoms with E-state index in [1.54, 1.807) is 13.8 Å². The van der Waals surface area contributed by atoms with Crippen LogP contribution in [-0.4, -0.2) is 22.2 Å². The van der Waals surface area contributed by atoms with Crippen molar-refractivity contribution in [2.45, 2.75) is 59.9 Å². The van der Waals surface area contributed by atoms with Gasteiger partial charge in [-0.15, -0.1) is 0 Å². The van der Waals surface area contributed by atoms with Gasteiger partial charge < -0.3 is 5.32 Å². The van der Waals surface area contributed by atoms with Crippen molar-refractivity contribution >= 4 is 5.91 Å². The van der Waals surface area contributed by atoms with E-state index in [0.29, 0.717) is 23.7 Å². The molecule has 126 valence electrons. The predicted octanol–water partition coefficient (Wildman–Crippen LogP) is 2.06. The van der Waals surface area contributed by atoms with Crippen molar-refractivity contribution in [3.8, 4) is 6.07 Å². The highest BCUT2D eigenvalue weighted by Crippen LogP contribution is 2.11. The zero-order valence-electron chi connectivity index (χ0n) is 14.5. The molecule has 0 saturated heterocycles. The summed E-state index contributed by atoms with van der Waals surface area (Å²) in [6, 6.07) is 1.90. The number of nitriles is 1. The van der Waals surface area contributed by atoms with E-state index in [-0.39, 0.29) is 18.0 Å². The van der Waals surface area contributed by atoms with Crippen LogP contribution >= 0.6 is 0 Å². The number of hydrogen-bond donors (Lipinski definition) is 1. The highest BCUT2D eigenvalue weighted by molar-refractivity contribution is 5.75. The molecule has 1 N–H and O–H groups in total. The van der Waals surface area contributed by atoms with E-state index in [1.165, 1.54) is 0 Å². The molecule has 1 aromatic rings. The molecule has 1 rings (SSSR count). The molecule has 0 fully saturated rings. The normalized spacial score (nSPS) is 11.8. The lowest BCUT2D eigenvalue weighted by atomic mass is 9.99. The fraction of sp³-hybridized carbons (Fsp3) is 0.647. The Morgan fingerprint density at radius 2 is 2.09 bits per heavy atom. The Labute approximate surface area is 137 Å². The molecule has 0 aliphatic rings. The van der Waals surface area contributed by atoms with Gasteiger partial charge in [0.05, 0.1) is 5.69 Å². The van der Waals surface area contributed by atoms with Crippen LogP contribution in [0.3, 0.4) is 0 Å². The first-order valence-electron chi connectivity index (χ1n) is 8.19. The third kappa shape index (κ3) is 5.20. The second-order valence-corrected chi connectivity index (χ2v) is 5.88. The van der Waals surface area contributed by atoms with Gasteiger partial charge in [-0.1, -0.05) is 33.1 Å². The minimum absolute atomic E-state index is 0.0553. The van der Waals surface area contributed by atoms with Gasteiger partial charge >= 0.3 is 0 Å². The first-order valence-corrected chi connectivity index (χ1v) is 8.19. The Balaban J connectivity index is 2.74. The van der Waals surface area contributed by atoms with Gasteiger partial charge in [0.1, 0.15) is 18.2 Å². The second kappa shape index (κ2) is 9.09. The van der Waals surface area contributed by atoms with Crippen molar-refractivity contribution in [2.24, 2.45) is 5.92 Å². The maximum atomic E-state index is 12.1. The lowest BCUT2D eigenvalue weighted by Crippen LogP contribution is -2.37. The fourth-order valence-corrected chi connectivity index (χ4v) is 2.40. The molecule has 0 aromatic carbocycles. The van der Waals surface area contributed by atoms with Gasteiger partial charge in [-0.3, -0.25) is 9.59 Å². The smallest absolute Gasteiger partial charge is 0.285 e. The Bertz CT molecular complexity index is 643. The molecule has 6 nitrogen and oxygen atoms in total. The third-order valence-electron chi connectivity index (χ3n) is 4.17. The van der Waals surface area contributed by atoms with Gasteiger partial charge in [0.2, 0.25) is 5.91 Å². The van der Waals surface area contributed by atoms with Gasteiger partial charge in [-0.2, -0.15) is 10.4 Å². The van der Waals surface area contributed by atoms with Crippen molar-refractivity contribution in [3.05, 3.63) is 27.2 Å². The van der Waals surface area contributed by atoms with Gasteiger partial charge in [-0.25, -0.2) is 4.68 Å². The van der Waals surface area contributed by atoms with E-state index in [2.05, 4.69) is 24.3 Å². The SMILES string of the molecule is CCCC[C@@H](CC)CNC(=O)Cn1nc(C)c(C)c(C#N)c1=O. The number of rotatable bonds is 8. The van der Waals surface area contributed by atoms with Crippen LogP contribution in [0.5, 0.6) is 0 Å². The molecule has 0 radical (unpaired) electrons. The highest BCUT2D eigenvalue weighted by atomic mass is 16.2. The van der Waals surface area contributed by atoms with E-state index < -0.39 is 5.56 Å². The van der Waals surface area contributed by atoms with Crippen LogP contribution in [0.1, 0.15) is 56.4 Å². The van der Waals surface area contributed by atoms with Gasteiger partial charge in [0.25, 0.3) is 5.56 Å². The summed E-state index contributed by atoms with van der Waals surface area (Å²) in [6.07, 6.45) is 4.40. The number of carbonyl (C=O) groups is 1. The number of unbranched alkanes of at least 4 members (excludes halogenated alkanes) is 1. The Hall–Kier alpha value is -2.16. The minimum Gasteiger partial charge on any atom is -0.354 e. The van der Waals surface area contributed by atoms with Crippen LogP contribution < -0.4 is 10.9 Å². The van der Waals surface area contributed by atoms with Crippen molar-refractivity contribution in [1.29, 1.82) is 5.26 Å². The maximum Gasteiger partial charge on any atom is 0.285 e. The summed E-state index contributed by atoms with van der Waals surface area (Å²) in [5.74, 6) is 0.208. The molecule has 1 atom stereocenters. The van der Waals surface area contributed by atoms with E-state index >= 15 is 0 Å². The summed E-state index contributed by atoms with van der Waals surface area (Å²) >= 11 is 0. The lowest BCUT2D eigenvalue weighted by Gasteiger charge is -2.15. The largest absolute Gasteiger partial charge is 0.354 e. The van der Waals surface area contributed by atoms with Crippen molar-refractivity contribution in [1.82, 2.24) is 15.1 Å². The molecular weight excluding hydrogens is 292 g/mol. The average molecular weight is 318 g/mol. The average Bonchev–Trinajstić information content (AvgIpc) is 2.53. The standard InChI is InChI=1S/C17H26N4O2/c1-5-7-8-14(6-2)10-19-16(22)11-21-17(23)15(9-18)12(3)13(4)20-21/h14H,5-8,10-11H2,1-4H3,(H,19,22)/t14-/m1/s1. The van der Waals surface area contributed by atoms with Crippen molar-refractivity contribution < 1.29 is 4.79 Å². The van der Waals surface area contributed by atoms with Crippen LogP contribution in [0.15, 0.2) is 4.79 Å². The second-order valence-electron chi connectivity index (χ2n) is 5.88. The van der Waals surface area contributed by atoms with Crippen LogP contribution in [-0.2, 0) is 11.3 Å². The zero-order valence-corrected chi connectivity index (χ0v) is 14.5. The molecule has 0 unspecified atom stereocenters. The molecule has 23 heavy (non-hydrogen) atoms. The lowest BCUT2D eigenvalue weighted by molar-refractivity contribution is -0.122. The summed E-state index contributed by atoms with van der Waals surface area (Å²) in [6.45, 7) is 8.13. The van der Waals surface area contributed by atoms with E-state index in [9.17, 15) is 9.59 Å². The Morgan fingerprint density at radius 3 is 2.65 bits per heavy atom. The summed E-state index contributed by atoms with van der Waals surface area (Å²) in [5, 5.41) is 16.1. The summed E-state index contributed by atoms with van der Waals surface area (Å²) in [7, 11) is 0. The van der Waals surface area contributed by atoms with E-state index in [0.717, 1.165) is 30.4 Å². The third-order valence-corrected chi connectivity index (χ3v) is 4.17. The Kier molecular flexibility index (Phi) is 7.46. The number of amides is 1. The molecule has 1 heterocycles.